The molecule has 1 aliphatic heterocycles. The van der Waals surface area contributed by atoms with Crippen LogP contribution in [0.3, 0.4) is 0 Å². The van der Waals surface area contributed by atoms with Gasteiger partial charge in [0, 0.05) is 12.6 Å². The lowest BCUT2D eigenvalue weighted by atomic mass is 9.89. The minimum absolute atomic E-state index is 0.0522. The number of rotatable bonds is 7. The quantitative estimate of drug-likeness (QED) is 0.653. The lowest BCUT2D eigenvalue weighted by Crippen LogP contribution is -2.49. The third kappa shape index (κ3) is 4.66. The van der Waals surface area contributed by atoms with Crippen molar-refractivity contribution in [2.45, 2.75) is 70.1 Å². The summed E-state index contributed by atoms with van der Waals surface area (Å²) in [6, 6.07) is 0.302. The fourth-order valence-electron chi connectivity index (χ4n) is 3.04. The summed E-state index contributed by atoms with van der Waals surface area (Å²) in [4.78, 5) is 14.1. The zero-order valence-corrected chi connectivity index (χ0v) is 13.3. The fourth-order valence-corrected chi connectivity index (χ4v) is 3.04. The number of aliphatic hydroxyl groups excluding tert-OH is 1. The van der Waals surface area contributed by atoms with Crippen LogP contribution in [0, 0.1) is 5.92 Å². The predicted molar refractivity (Wildman–Crippen MR) is 81.9 cm³/mol. The Morgan fingerprint density at radius 2 is 1.81 bits per heavy atom. The van der Waals surface area contributed by atoms with Crippen LogP contribution in [0.15, 0.2) is 0 Å². The molecule has 1 aliphatic carbocycles. The molecule has 1 saturated carbocycles. The van der Waals surface area contributed by atoms with Crippen molar-refractivity contribution in [3.8, 4) is 0 Å². The van der Waals surface area contributed by atoms with Crippen molar-refractivity contribution in [2.24, 2.45) is 5.92 Å². The van der Waals surface area contributed by atoms with E-state index in [-0.39, 0.29) is 11.8 Å². The summed E-state index contributed by atoms with van der Waals surface area (Å²) in [5, 5.41) is 23.4. The van der Waals surface area contributed by atoms with Gasteiger partial charge in [-0.05, 0) is 57.5 Å². The van der Waals surface area contributed by atoms with E-state index in [0.29, 0.717) is 12.6 Å². The van der Waals surface area contributed by atoms with Gasteiger partial charge in [-0.3, -0.25) is 4.79 Å². The van der Waals surface area contributed by atoms with Crippen LogP contribution in [0.5, 0.6) is 0 Å². The first-order chi connectivity index (χ1) is 9.97. The Morgan fingerprint density at radius 3 is 2.29 bits per heavy atom. The van der Waals surface area contributed by atoms with Gasteiger partial charge in [-0.1, -0.05) is 13.8 Å². The summed E-state index contributed by atoms with van der Waals surface area (Å²) in [7, 11) is 0. The molecule has 1 unspecified atom stereocenters. The smallest absolute Gasteiger partial charge is 0.249 e. The van der Waals surface area contributed by atoms with Gasteiger partial charge in [-0.25, -0.2) is 0 Å². The first-order valence-corrected chi connectivity index (χ1v) is 8.40. The maximum atomic E-state index is 11.9. The topological polar surface area (TPSA) is 72.8 Å². The van der Waals surface area contributed by atoms with E-state index in [0.717, 1.165) is 51.6 Å². The molecule has 0 radical (unpaired) electrons. The second-order valence-electron chi connectivity index (χ2n) is 6.77. The zero-order chi connectivity index (χ0) is 15.5. The normalized spacial score (nSPS) is 23.0. The van der Waals surface area contributed by atoms with Crippen molar-refractivity contribution in [2.75, 3.05) is 19.6 Å². The summed E-state index contributed by atoms with van der Waals surface area (Å²) >= 11 is 0. The van der Waals surface area contributed by atoms with E-state index in [1.54, 1.807) is 0 Å². The van der Waals surface area contributed by atoms with Crippen LogP contribution in [0.1, 0.15) is 52.4 Å². The maximum Gasteiger partial charge on any atom is 0.249 e. The van der Waals surface area contributed by atoms with Crippen molar-refractivity contribution in [3.05, 3.63) is 0 Å². The van der Waals surface area contributed by atoms with Gasteiger partial charge < -0.3 is 20.4 Å². The molecular weight excluding hydrogens is 268 g/mol. The lowest BCUT2D eigenvalue weighted by Gasteiger charge is -2.38. The summed E-state index contributed by atoms with van der Waals surface area (Å²) in [5.41, 5.74) is -0.602. The highest BCUT2D eigenvalue weighted by molar-refractivity contribution is 5.81. The zero-order valence-electron chi connectivity index (χ0n) is 13.3. The predicted octanol–water partition coefficient (Wildman–Crippen LogP) is 0.889. The van der Waals surface area contributed by atoms with Gasteiger partial charge in [0.1, 0.15) is 6.10 Å². The Balaban J connectivity index is 1.75. The largest absolute Gasteiger partial charge is 0.389 e. The molecule has 0 spiro atoms. The van der Waals surface area contributed by atoms with Crippen LogP contribution >= 0.6 is 0 Å². The summed E-state index contributed by atoms with van der Waals surface area (Å²) in [5.74, 6) is -0.147. The lowest BCUT2D eigenvalue weighted by molar-refractivity contribution is -0.133. The number of carbonyl (C=O) groups excluding carboxylic acids is 1. The van der Waals surface area contributed by atoms with Crippen LogP contribution in [0.2, 0.25) is 0 Å². The van der Waals surface area contributed by atoms with Gasteiger partial charge >= 0.3 is 0 Å². The van der Waals surface area contributed by atoms with Gasteiger partial charge in [-0.2, -0.15) is 0 Å². The van der Waals surface area contributed by atoms with Gasteiger partial charge in [0.2, 0.25) is 5.91 Å². The highest BCUT2D eigenvalue weighted by atomic mass is 16.3. The number of hydrogen-bond donors (Lipinski definition) is 3. The molecule has 1 amide bonds. The van der Waals surface area contributed by atoms with E-state index >= 15 is 0 Å². The van der Waals surface area contributed by atoms with E-state index in [2.05, 4.69) is 10.2 Å². The average molecular weight is 298 g/mol. The molecular formula is C16H30N2O3. The minimum atomic E-state index is -0.871. The molecule has 0 bridgehead atoms. The first kappa shape index (κ1) is 16.7. The van der Waals surface area contributed by atoms with Crippen LogP contribution in [-0.2, 0) is 4.79 Å². The average Bonchev–Trinajstić information content (AvgIpc) is 3.31. The second-order valence-corrected chi connectivity index (χ2v) is 6.77. The Bertz CT molecular complexity index is 345. The van der Waals surface area contributed by atoms with Crippen LogP contribution in [0.25, 0.3) is 0 Å². The number of nitrogens with one attached hydrogen (secondary N) is 1. The number of carbonyl (C=O) groups is 1. The Labute approximate surface area is 127 Å². The summed E-state index contributed by atoms with van der Waals surface area (Å²) in [6.45, 7) is 6.42. The molecule has 1 atom stereocenters. The number of nitrogens with zero attached hydrogens (tertiary/aromatic N) is 1. The second kappa shape index (κ2) is 7.07. The summed E-state index contributed by atoms with van der Waals surface area (Å²) in [6.07, 6.45) is 4.38. The van der Waals surface area contributed by atoms with Crippen LogP contribution in [0.4, 0.5) is 0 Å². The maximum absolute atomic E-state index is 11.9. The minimum Gasteiger partial charge on any atom is -0.389 e. The van der Waals surface area contributed by atoms with E-state index in [9.17, 15) is 15.0 Å². The molecule has 122 valence electrons. The molecule has 0 aromatic heterocycles. The van der Waals surface area contributed by atoms with Crippen LogP contribution in [-0.4, -0.2) is 58.4 Å². The first-order valence-electron chi connectivity index (χ1n) is 8.40. The van der Waals surface area contributed by atoms with E-state index < -0.39 is 11.7 Å². The van der Waals surface area contributed by atoms with Gasteiger partial charge in [0.25, 0.3) is 0 Å². The van der Waals surface area contributed by atoms with E-state index in [1.165, 1.54) is 0 Å². The van der Waals surface area contributed by atoms with Crippen molar-refractivity contribution in [1.82, 2.24) is 10.2 Å². The number of amides is 1. The number of aliphatic hydroxyl groups is 2. The van der Waals surface area contributed by atoms with E-state index in [4.69, 9.17) is 0 Å². The molecule has 0 aromatic rings. The fraction of sp³-hybridized carbons (Fsp3) is 0.938. The Morgan fingerprint density at radius 1 is 1.24 bits per heavy atom. The van der Waals surface area contributed by atoms with Crippen LogP contribution < -0.4 is 5.32 Å². The number of β-amino-alcohol motifs (C(OH)–C–C–N with tert-alkyl or cyclic N) is 1. The molecule has 1 saturated heterocycles. The van der Waals surface area contributed by atoms with Crippen molar-refractivity contribution in [1.29, 1.82) is 0 Å². The van der Waals surface area contributed by atoms with Gasteiger partial charge in [0.05, 0.1) is 5.60 Å². The molecule has 2 rings (SSSR count). The third-order valence-electron chi connectivity index (χ3n) is 5.11. The monoisotopic (exact) mass is 298 g/mol. The van der Waals surface area contributed by atoms with E-state index in [1.807, 2.05) is 13.8 Å². The Kier molecular flexibility index (Phi) is 5.63. The highest BCUT2D eigenvalue weighted by Crippen LogP contribution is 2.25. The van der Waals surface area contributed by atoms with Crippen molar-refractivity contribution < 1.29 is 15.0 Å². The van der Waals surface area contributed by atoms with Crippen molar-refractivity contribution >= 4 is 5.91 Å². The highest BCUT2D eigenvalue weighted by Gasteiger charge is 2.34. The SMILES string of the molecule is CCC(O)(CC)CN1CCC(C(O)C(=O)NC2CC2)CC1. The number of piperidine rings is 1. The van der Waals surface area contributed by atoms with Gasteiger partial charge in [0.15, 0.2) is 0 Å². The molecule has 3 N–H and O–H groups in total. The molecule has 2 aliphatic rings. The van der Waals surface area contributed by atoms with Crippen molar-refractivity contribution in [3.63, 3.8) is 0 Å². The number of hydrogen-bond acceptors (Lipinski definition) is 4. The standard InChI is InChI=1S/C16H30N2O3/c1-3-16(21,4-2)11-18-9-7-12(8-10-18)14(19)15(20)17-13-5-6-13/h12-14,19,21H,3-11H2,1-2H3,(H,17,20). The molecule has 0 aromatic carbocycles. The summed E-state index contributed by atoms with van der Waals surface area (Å²) < 4.78 is 0. The third-order valence-corrected chi connectivity index (χ3v) is 5.11. The number of likely N-dealkylation sites (tertiary alicyclic amines) is 1. The Hall–Kier alpha value is -0.650. The molecule has 5 heteroatoms. The molecule has 21 heavy (non-hydrogen) atoms. The molecule has 2 fully saturated rings. The molecule has 5 nitrogen and oxygen atoms in total. The van der Waals surface area contributed by atoms with Gasteiger partial charge in [-0.15, -0.1) is 0 Å². The molecule has 1 heterocycles.